The molecule has 2 heterocycles. The normalized spacial score (nSPS) is 11.9. The van der Waals surface area contributed by atoms with Crippen LogP contribution in [0.3, 0.4) is 0 Å². The number of hydrogen-bond donors (Lipinski definition) is 2. The third-order valence-electron chi connectivity index (χ3n) is 4.34. The minimum Gasteiger partial charge on any atom is -0.360 e. The molecule has 0 saturated heterocycles. The molecule has 0 aliphatic carbocycles. The average Bonchev–Trinajstić information content (AvgIpc) is 3.25. The fourth-order valence-electron chi connectivity index (χ4n) is 2.86. The summed E-state index contributed by atoms with van der Waals surface area (Å²) in [6.07, 6.45) is 3.28. The molecule has 0 radical (unpaired) electrons. The van der Waals surface area contributed by atoms with E-state index in [4.69, 9.17) is 0 Å². The van der Waals surface area contributed by atoms with E-state index in [2.05, 4.69) is 19.9 Å². The first-order valence-corrected chi connectivity index (χ1v) is 9.62. The number of aromatic nitrogens is 4. The first kappa shape index (κ1) is 17.4. The summed E-state index contributed by atoms with van der Waals surface area (Å²) in [5, 5.41) is 8.44. The van der Waals surface area contributed by atoms with E-state index < -0.39 is 10.0 Å². The van der Waals surface area contributed by atoms with E-state index in [0.29, 0.717) is 11.3 Å². The van der Waals surface area contributed by atoms with E-state index in [-0.39, 0.29) is 17.3 Å². The topological polar surface area (TPSA) is 92.7 Å². The van der Waals surface area contributed by atoms with Crippen LogP contribution in [0.4, 0.5) is 4.39 Å². The Kier molecular flexibility index (Phi) is 4.25. The van der Waals surface area contributed by atoms with Crippen molar-refractivity contribution in [3.05, 3.63) is 66.6 Å². The SMILES string of the molecule is Cn1cnnc1CNS(=O)(=O)c1ccc(-c2c[nH]c3cc(F)ccc23)cc1. The molecule has 0 atom stereocenters. The van der Waals surface area contributed by atoms with Gasteiger partial charge in [-0.3, -0.25) is 0 Å². The van der Waals surface area contributed by atoms with Crippen LogP contribution in [0, 0.1) is 5.82 Å². The summed E-state index contributed by atoms with van der Waals surface area (Å²) >= 11 is 0. The van der Waals surface area contributed by atoms with Gasteiger partial charge in [0.1, 0.15) is 18.0 Å². The molecule has 2 aromatic heterocycles. The summed E-state index contributed by atoms with van der Waals surface area (Å²) in [7, 11) is -1.93. The number of aromatic amines is 1. The molecular formula is C18H16FN5O2S. The largest absolute Gasteiger partial charge is 0.360 e. The van der Waals surface area contributed by atoms with Crippen LogP contribution in [0.1, 0.15) is 5.82 Å². The van der Waals surface area contributed by atoms with Crippen molar-refractivity contribution in [2.45, 2.75) is 11.4 Å². The van der Waals surface area contributed by atoms with Gasteiger partial charge in [-0.2, -0.15) is 0 Å². The summed E-state index contributed by atoms with van der Waals surface area (Å²) in [5.41, 5.74) is 2.40. The summed E-state index contributed by atoms with van der Waals surface area (Å²) in [5.74, 6) is 0.201. The molecule has 0 aliphatic rings. The van der Waals surface area contributed by atoms with Gasteiger partial charge in [-0.15, -0.1) is 10.2 Å². The van der Waals surface area contributed by atoms with Crippen LogP contribution < -0.4 is 4.72 Å². The maximum atomic E-state index is 13.3. The summed E-state index contributed by atoms with van der Waals surface area (Å²) in [6.45, 7) is 0.0502. The van der Waals surface area contributed by atoms with E-state index in [1.54, 1.807) is 36.0 Å². The Balaban J connectivity index is 1.58. The second-order valence-electron chi connectivity index (χ2n) is 6.10. The van der Waals surface area contributed by atoms with Gasteiger partial charge in [-0.1, -0.05) is 12.1 Å². The van der Waals surface area contributed by atoms with Gasteiger partial charge < -0.3 is 9.55 Å². The maximum Gasteiger partial charge on any atom is 0.240 e. The molecule has 138 valence electrons. The number of aryl methyl sites for hydroxylation is 1. The highest BCUT2D eigenvalue weighted by Crippen LogP contribution is 2.29. The first-order valence-electron chi connectivity index (χ1n) is 8.14. The number of rotatable bonds is 5. The third kappa shape index (κ3) is 3.34. The second-order valence-corrected chi connectivity index (χ2v) is 7.87. The number of H-pyrrole nitrogens is 1. The zero-order chi connectivity index (χ0) is 19.0. The highest BCUT2D eigenvalue weighted by molar-refractivity contribution is 7.89. The number of nitrogens with one attached hydrogen (secondary N) is 2. The van der Waals surface area contributed by atoms with Crippen molar-refractivity contribution in [2.75, 3.05) is 0 Å². The van der Waals surface area contributed by atoms with E-state index >= 15 is 0 Å². The molecule has 0 unspecified atom stereocenters. The Morgan fingerprint density at radius 2 is 1.96 bits per heavy atom. The Hall–Kier alpha value is -3.04. The zero-order valence-corrected chi connectivity index (χ0v) is 15.2. The second kappa shape index (κ2) is 6.60. The summed E-state index contributed by atoms with van der Waals surface area (Å²) in [4.78, 5) is 3.18. The van der Waals surface area contributed by atoms with Crippen molar-refractivity contribution in [3.63, 3.8) is 0 Å². The molecule has 0 amide bonds. The van der Waals surface area contributed by atoms with E-state index in [1.807, 2.05) is 0 Å². The van der Waals surface area contributed by atoms with E-state index in [1.165, 1.54) is 30.6 Å². The maximum absolute atomic E-state index is 13.3. The Bertz CT molecular complexity index is 1210. The Morgan fingerprint density at radius 3 is 2.67 bits per heavy atom. The number of fused-ring (bicyclic) bond motifs is 1. The van der Waals surface area contributed by atoms with Gasteiger partial charge in [0.05, 0.1) is 11.4 Å². The third-order valence-corrected chi connectivity index (χ3v) is 5.76. The monoisotopic (exact) mass is 385 g/mol. The van der Waals surface area contributed by atoms with Crippen LogP contribution in [-0.4, -0.2) is 28.2 Å². The number of sulfonamides is 1. The zero-order valence-electron chi connectivity index (χ0n) is 14.3. The van der Waals surface area contributed by atoms with Crippen LogP contribution >= 0.6 is 0 Å². The Labute approximate surface area is 154 Å². The van der Waals surface area contributed by atoms with Crippen LogP contribution in [0.2, 0.25) is 0 Å². The highest BCUT2D eigenvalue weighted by Gasteiger charge is 2.16. The van der Waals surface area contributed by atoms with Crippen molar-refractivity contribution in [3.8, 4) is 11.1 Å². The summed E-state index contributed by atoms with van der Waals surface area (Å²) in [6, 6.07) is 11.0. The van der Waals surface area contributed by atoms with Crippen molar-refractivity contribution in [2.24, 2.45) is 7.05 Å². The van der Waals surface area contributed by atoms with Gasteiger partial charge in [0, 0.05) is 29.7 Å². The molecule has 2 aromatic carbocycles. The first-order chi connectivity index (χ1) is 12.9. The molecule has 4 rings (SSSR count). The lowest BCUT2D eigenvalue weighted by Crippen LogP contribution is -2.24. The minimum absolute atomic E-state index is 0.0502. The number of nitrogens with zero attached hydrogens (tertiary/aromatic N) is 3. The smallest absolute Gasteiger partial charge is 0.240 e. The molecule has 4 aromatic rings. The average molecular weight is 385 g/mol. The van der Waals surface area contributed by atoms with E-state index in [0.717, 1.165) is 16.5 Å². The predicted molar refractivity (Wildman–Crippen MR) is 98.7 cm³/mol. The molecule has 0 bridgehead atoms. The molecule has 2 N–H and O–H groups in total. The van der Waals surface area contributed by atoms with E-state index in [9.17, 15) is 12.8 Å². The van der Waals surface area contributed by atoms with Crippen LogP contribution in [0.25, 0.3) is 22.0 Å². The van der Waals surface area contributed by atoms with Gasteiger partial charge >= 0.3 is 0 Å². The molecule has 0 saturated carbocycles. The van der Waals surface area contributed by atoms with Gasteiger partial charge in [-0.25, -0.2) is 17.5 Å². The molecule has 9 heteroatoms. The minimum atomic E-state index is -3.68. The standard InChI is InChI=1S/C18H16FN5O2S/c1-24-11-21-23-18(24)10-22-27(25,26)14-5-2-12(3-6-14)16-9-20-17-8-13(19)4-7-15(16)17/h2-9,11,20,22H,10H2,1H3. The van der Waals surface area contributed by atoms with Gasteiger partial charge in [-0.05, 0) is 35.9 Å². The number of hydrogen-bond acceptors (Lipinski definition) is 4. The highest BCUT2D eigenvalue weighted by atomic mass is 32.2. The Morgan fingerprint density at radius 1 is 1.19 bits per heavy atom. The molecule has 27 heavy (non-hydrogen) atoms. The fourth-order valence-corrected chi connectivity index (χ4v) is 3.84. The predicted octanol–water partition coefficient (Wildman–Crippen LogP) is 2.58. The van der Waals surface area contributed by atoms with Crippen LogP contribution in [0.15, 0.2) is 59.9 Å². The van der Waals surface area contributed by atoms with Crippen molar-refractivity contribution < 1.29 is 12.8 Å². The summed E-state index contributed by atoms with van der Waals surface area (Å²) < 4.78 is 42.4. The van der Waals surface area contributed by atoms with Crippen LogP contribution in [-0.2, 0) is 23.6 Å². The molecular weight excluding hydrogens is 369 g/mol. The van der Waals surface area contributed by atoms with Crippen molar-refractivity contribution >= 4 is 20.9 Å². The lowest BCUT2D eigenvalue weighted by atomic mass is 10.1. The molecule has 0 aliphatic heterocycles. The lowest BCUT2D eigenvalue weighted by Gasteiger charge is -2.07. The van der Waals surface area contributed by atoms with Crippen LogP contribution in [0.5, 0.6) is 0 Å². The number of benzene rings is 2. The number of halogens is 1. The van der Waals surface area contributed by atoms with Gasteiger partial charge in [0.15, 0.2) is 0 Å². The molecule has 0 fully saturated rings. The quantitative estimate of drug-likeness (QED) is 0.552. The van der Waals surface area contributed by atoms with Crippen molar-refractivity contribution in [1.82, 2.24) is 24.5 Å². The van der Waals surface area contributed by atoms with Gasteiger partial charge in [0.25, 0.3) is 0 Å². The van der Waals surface area contributed by atoms with Crippen molar-refractivity contribution in [1.29, 1.82) is 0 Å². The van der Waals surface area contributed by atoms with Gasteiger partial charge in [0.2, 0.25) is 10.0 Å². The molecule has 0 spiro atoms. The lowest BCUT2D eigenvalue weighted by molar-refractivity contribution is 0.577. The fraction of sp³-hybridized carbons (Fsp3) is 0.111. The molecule has 7 nitrogen and oxygen atoms in total.